The summed E-state index contributed by atoms with van der Waals surface area (Å²) in [7, 11) is 0. The van der Waals surface area contributed by atoms with Gasteiger partial charge in [0.2, 0.25) is 0 Å². The lowest BCUT2D eigenvalue weighted by molar-refractivity contribution is 1.07. The molecule has 0 saturated heterocycles. The first-order valence-electron chi connectivity index (χ1n) is 35.7. The first kappa shape index (κ1) is 65.0. The van der Waals surface area contributed by atoms with E-state index < -0.39 is 0 Å². The minimum absolute atomic E-state index is 0.560. The molecule has 0 radical (unpaired) electrons. The summed E-state index contributed by atoms with van der Waals surface area (Å²) in [4.78, 5) is 31.0. The van der Waals surface area contributed by atoms with Gasteiger partial charge in [-0.25, -0.2) is 19.9 Å². The van der Waals surface area contributed by atoms with Crippen LogP contribution in [0.5, 0.6) is 0 Å². The van der Waals surface area contributed by atoms with Crippen LogP contribution in [0.4, 0.5) is 68.2 Å². The number of hydrogen-bond donors (Lipinski definition) is 0. The SMILES string of the molecule is c1ccc(-c2nc(-c3ccccc3)nc(-c3ccc(-c4c(-c5ccc(N(c6ccccc6)c6ccccc6)cc5)c(-c5ccc(N(c6ccccc6)c6ccccc6)cc5)nc(-c5ccc(N(c6ccccc6)c6ccccc6)cc5)c4-c4ccc(N(c5ccccc5)c5ccccc5)cc4)cc3)n2)cc1. The van der Waals surface area contributed by atoms with Crippen LogP contribution in [0.2, 0.25) is 0 Å². The maximum Gasteiger partial charge on any atom is 0.164 e. The first-order valence-corrected chi connectivity index (χ1v) is 35.7. The number of benzene rings is 15. The molecule has 0 bridgehead atoms. The Kier molecular flexibility index (Phi) is 18.4. The average molecular weight is 1360 g/mol. The van der Waals surface area contributed by atoms with Gasteiger partial charge in [-0.05, 0) is 162 Å². The van der Waals surface area contributed by atoms with E-state index in [9.17, 15) is 0 Å². The molecule has 502 valence electrons. The zero-order valence-electron chi connectivity index (χ0n) is 58.0. The highest BCUT2D eigenvalue weighted by Crippen LogP contribution is 2.51. The monoisotopic (exact) mass is 1360 g/mol. The fourth-order valence-corrected chi connectivity index (χ4v) is 14.1. The molecular weight excluding hydrogens is 1290 g/mol. The van der Waals surface area contributed by atoms with E-state index in [2.05, 4.69) is 384 Å². The number of nitrogens with zero attached hydrogens (tertiary/aromatic N) is 8. The Hall–Kier alpha value is -14.3. The van der Waals surface area contributed by atoms with Crippen LogP contribution in [0.1, 0.15) is 0 Å². The Morgan fingerprint density at radius 2 is 0.283 bits per heavy atom. The molecule has 0 aliphatic heterocycles. The van der Waals surface area contributed by atoms with E-state index in [1.165, 1.54) is 0 Å². The number of pyridine rings is 1. The molecule has 0 spiro atoms. The molecule has 0 saturated carbocycles. The number of rotatable bonds is 20. The van der Waals surface area contributed by atoms with Crippen LogP contribution >= 0.6 is 0 Å². The summed E-state index contributed by atoms with van der Waals surface area (Å²) in [6.07, 6.45) is 0. The van der Waals surface area contributed by atoms with Gasteiger partial charge in [0.1, 0.15) is 0 Å². The molecule has 106 heavy (non-hydrogen) atoms. The number of para-hydroxylation sites is 8. The van der Waals surface area contributed by atoms with Crippen LogP contribution < -0.4 is 19.6 Å². The van der Waals surface area contributed by atoms with Crippen LogP contribution in [-0.4, -0.2) is 19.9 Å². The topological polar surface area (TPSA) is 64.5 Å². The van der Waals surface area contributed by atoms with Gasteiger partial charge in [0.25, 0.3) is 0 Å². The van der Waals surface area contributed by atoms with Crippen molar-refractivity contribution in [1.29, 1.82) is 0 Å². The van der Waals surface area contributed by atoms with Gasteiger partial charge in [-0.3, -0.25) is 0 Å². The quantitative estimate of drug-likeness (QED) is 0.0748. The molecule has 0 N–H and O–H groups in total. The van der Waals surface area contributed by atoms with Crippen molar-refractivity contribution in [3.05, 3.63) is 425 Å². The smallest absolute Gasteiger partial charge is 0.164 e. The van der Waals surface area contributed by atoms with Gasteiger partial charge in [0.15, 0.2) is 17.5 Å². The summed E-state index contributed by atoms with van der Waals surface area (Å²) in [5.41, 5.74) is 24.3. The van der Waals surface area contributed by atoms with Gasteiger partial charge in [-0.1, -0.05) is 279 Å². The van der Waals surface area contributed by atoms with E-state index in [-0.39, 0.29) is 0 Å². The van der Waals surface area contributed by atoms with Crippen LogP contribution in [0.25, 0.3) is 90.1 Å². The summed E-state index contributed by atoms with van der Waals surface area (Å²) in [6, 6.07) is 150. The molecule has 8 nitrogen and oxygen atoms in total. The third kappa shape index (κ3) is 13.6. The average Bonchev–Trinajstić information content (AvgIpc) is 0.730. The fraction of sp³-hybridized carbons (Fsp3) is 0. The van der Waals surface area contributed by atoms with Crippen molar-refractivity contribution in [2.45, 2.75) is 0 Å². The maximum absolute atomic E-state index is 6.21. The van der Waals surface area contributed by atoms with E-state index >= 15 is 0 Å². The lowest BCUT2D eigenvalue weighted by Gasteiger charge is -2.28. The second-order valence-corrected chi connectivity index (χ2v) is 25.8. The molecule has 0 aliphatic rings. The Bertz CT molecular complexity index is 5250. The van der Waals surface area contributed by atoms with Crippen molar-refractivity contribution in [1.82, 2.24) is 19.9 Å². The molecule has 15 aromatic carbocycles. The third-order valence-corrected chi connectivity index (χ3v) is 19.1. The highest BCUT2D eigenvalue weighted by atomic mass is 15.2. The van der Waals surface area contributed by atoms with E-state index in [1.54, 1.807) is 0 Å². The van der Waals surface area contributed by atoms with E-state index in [0.29, 0.717) is 17.5 Å². The number of aromatic nitrogens is 4. The van der Waals surface area contributed by atoms with Gasteiger partial charge >= 0.3 is 0 Å². The van der Waals surface area contributed by atoms with Gasteiger partial charge < -0.3 is 19.6 Å². The van der Waals surface area contributed by atoms with Crippen molar-refractivity contribution < 1.29 is 0 Å². The lowest BCUT2D eigenvalue weighted by Crippen LogP contribution is -2.10. The number of hydrogen-bond acceptors (Lipinski definition) is 8. The largest absolute Gasteiger partial charge is 0.311 e. The van der Waals surface area contributed by atoms with E-state index in [1.807, 2.05) is 60.7 Å². The van der Waals surface area contributed by atoms with Gasteiger partial charge in [0.05, 0.1) is 11.4 Å². The minimum atomic E-state index is 0.560. The normalized spacial score (nSPS) is 11.0. The van der Waals surface area contributed by atoms with Crippen LogP contribution in [0.15, 0.2) is 425 Å². The third-order valence-electron chi connectivity index (χ3n) is 19.1. The van der Waals surface area contributed by atoms with E-state index in [4.69, 9.17) is 19.9 Å². The Morgan fingerprint density at radius 1 is 0.123 bits per heavy atom. The Balaban J connectivity index is 0.941. The lowest BCUT2D eigenvalue weighted by atomic mass is 9.83. The molecule has 0 amide bonds. The molecule has 17 aromatic rings. The van der Waals surface area contributed by atoms with Crippen LogP contribution in [0, 0.1) is 0 Å². The molecule has 0 atom stereocenters. The zero-order chi connectivity index (χ0) is 70.8. The van der Waals surface area contributed by atoms with Gasteiger partial charge in [0, 0.05) is 113 Å². The summed E-state index contributed by atoms with van der Waals surface area (Å²) in [6.45, 7) is 0. The number of anilines is 12. The summed E-state index contributed by atoms with van der Waals surface area (Å²) < 4.78 is 0. The van der Waals surface area contributed by atoms with Crippen molar-refractivity contribution >= 4 is 68.2 Å². The molecule has 0 aliphatic carbocycles. The molecule has 2 heterocycles. The summed E-state index contributed by atoms with van der Waals surface area (Å²) in [5.74, 6) is 1.74. The van der Waals surface area contributed by atoms with Gasteiger partial charge in [-0.15, -0.1) is 0 Å². The van der Waals surface area contributed by atoms with Crippen molar-refractivity contribution in [2.75, 3.05) is 19.6 Å². The standard InChI is InChI=1S/C98H70N8/c1-11-31-76(32-12-1)96-100-97(77-33-13-2-14-34-77)102-98(101-96)78-53-51-71(52-54-78)91-92(72-55-63-87(64-56-72)103(79-35-15-3-16-36-79)80-37-17-4-18-38-80)94(74-59-67-89(68-60-74)105(83-43-23-7-24-44-83)84-45-25-8-26-46-84)99-95(75-61-69-90(70-62-75)106(85-47-27-9-28-48-85)86-49-29-10-30-50-86)93(91)73-57-65-88(66-58-73)104(81-39-19-5-20-40-81)82-41-21-6-22-42-82/h1-70H. The molecule has 0 fully saturated rings. The molecular formula is C98H70N8. The second kappa shape index (κ2) is 30.1. The Morgan fingerprint density at radius 3 is 0.509 bits per heavy atom. The molecule has 2 aromatic heterocycles. The highest BCUT2D eigenvalue weighted by Gasteiger charge is 2.28. The zero-order valence-corrected chi connectivity index (χ0v) is 58.0. The van der Waals surface area contributed by atoms with Crippen molar-refractivity contribution in [3.8, 4) is 90.1 Å². The molecule has 0 unspecified atom stereocenters. The molecule has 17 rings (SSSR count). The van der Waals surface area contributed by atoms with Crippen LogP contribution in [0.3, 0.4) is 0 Å². The summed E-state index contributed by atoms with van der Waals surface area (Å²) in [5, 5.41) is 0. The maximum atomic E-state index is 6.21. The minimum Gasteiger partial charge on any atom is -0.311 e. The summed E-state index contributed by atoms with van der Waals surface area (Å²) >= 11 is 0. The predicted molar refractivity (Wildman–Crippen MR) is 440 cm³/mol. The fourth-order valence-electron chi connectivity index (χ4n) is 14.1. The van der Waals surface area contributed by atoms with Crippen molar-refractivity contribution in [3.63, 3.8) is 0 Å². The highest BCUT2D eigenvalue weighted by molar-refractivity contribution is 6.06. The predicted octanol–water partition coefficient (Wildman–Crippen LogP) is 26.5. The van der Waals surface area contributed by atoms with Crippen molar-refractivity contribution in [2.24, 2.45) is 0 Å². The molecule has 8 heteroatoms. The van der Waals surface area contributed by atoms with Crippen LogP contribution in [-0.2, 0) is 0 Å². The Labute approximate surface area is 618 Å². The first-order chi connectivity index (χ1) is 52.6. The second-order valence-electron chi connectivity index (χ2n) is 25.8. The van der Waals surface area contributed by atoms with E-state index in [0.717, 1.165) is 141 Å². The van der Waals surface area contributed by atoms with Gasteiger partial charge in [-0.2, -0.15) is 0 Å².